The van der Waals surface area contributed by atoms with E-state index in [-0.39, 0.29) is 61.9 Å². The Morgan fingerprint density at radius 1 is 0.400 bits per heavy atom. The molecule has 1 aliphatic heterocycles. The fourth-order valence-corrected chi connectivity index (χ4v) is 9.24. The molecule has 352 valence electrons. The number of carbonyl (C=O) groups excluding carboxylic acids is 1. The van der Waals surface area contributed by atoms with Crippen LogP contribution in [0.4, 0.5) is 58.4 Å². The van der Waals surface area contributed by atoms with Crippen LogP contribution in [0, 0.1) is 0 Å². The van der Waals surface area contributed by atoms with Gasteiger partial charge in [-0.2, -0.15) is 52.7 Å². The minimum atomic E-state index is -5.29. The van der Waals surface area contributed by atoms with Crippen molar-refractivity contribution in [1.29, 1.82) is 0 Å². The third kappa shape index (κ3) is 7.91. The molecule has 1 aliphatic rings. The molecule has 0 saturated carbocycles. The summed E-state index contributed by atoms with van der Waals surface area (Å²) in [6, 6.07) is 38.3. The highest BCUT2D eigenvalue weighted by atomic mass is 19.4. The van der Waals surface area contributed by atoms with Gasteiger partial charge in [-0.3, -0.25) is 9.69 Å². The third-order valence-electron chi connectivity index (χ3n) is 12.4. The quantitative estimate of drug-likeness (QED) is 0.169. The molecule has 0 aliphatic carbocycles. The molecule has 16 heteroatoms. The summed E-state index contributed by atoms with van der Waals surface area (Å²) in [7, 11) is 0. The van der Waals surface area contributed by atoms with E-state index in [0.29, 0.717) is 41.1 Å². The second-order valence-electron chi connectivity index (χ2n) is 16.6. The SMILES string of the molecule is O=C1c2c(cccc2-n2c3ccc(-c4ccc(C(F)(F)F)cc4C(F)(F)F)cc3c3cc(-c4ccc(C(F)(F)F)cc4C(F)(F)F)ccc32)C(O)N1c1ccc(-c2ccccc2)cc1-c1ccccc1. The predicted molar refractivity (Wildman–Crippen MR) is 241 cm³/mol. The number of hydrogen-bond donors (Lipinski definition) is 1. The van der Waals surface area contributed by atoms with E-state index in [9.17, 15) is 57.8 Å². The number of benzene rings is 8. The molecule has 9 aromatic rings. The molecule has 0 radical (unpaired) electrons. The van der Waals surface area contributed by atoms with Gasteiger partial charge < -0.3 is 9.67 Å². The molecule has 1 N–H and O–H groups in total. The summed E-state index contributed by atoms with van der Waals surface area (Å²) in [5.74, 6) is -0.676. The van der Waals surface area contributed by atoms with Gasteiger partial charge in [0.25, 0.3) is 5.91 Å². The predicted octanol–water partition coefficient (Wildman–Crippen LogP) is 16.2. The molecule has 4 nitrogen and oxygen atoms in total. The fourth-order valence-electron chi connectivity index (χ4n) is 9.24. The van der Waals surface area contributed by atoms with Crippen LogP contribution in [0.15, 0.2) is 170 Å². The van der Waals surface area contributed by atoms with Gasteiger partial charge in [-0.25, -0.2) is 0 Å². The molecule has 1 aromatic heterocycles. The number of hydrogen-bond acceptors (Lipinski definition) is 2. The maximum Gasteiger partial charge on any atom is 0.417 e. The number of aromatic nitrogens is 1. The minimum absolute atomic E-state index is 0.0164. The highest BCUT2D eigenvalue weighted by Crippen LogP contribution is 2.48. The number of fused-ring (bicyclic) bond motifs is 4. The van der Waals surface area contributed by atoms with Gasteiger partial charge in [0.05, 0.1) is 50.2 Å². The van der Waals surface area contributed by atoms with E-state index in [0.717, 1.165) is 11.1 Å². The normalized spacial score (nSPS) is 14.5. The summed E-state index contributed by atoms with van der Waals surface area (Å²) < 4.78 is 171. The van der Waals surface area contributed by atoms with Gasteiger partial charge >= 0.3 is 24.7 Å². The van der Waals surface area contributed by atoms with Crippen LogP contribution in [0.1, 0.15) is 44.4 Å². The summed E-state index contributed by atoms with van der Waals surface area (Å²) in [6.07, 6.45) is -22.4. The van der Waals surface area contributed by atoms with Crippen molar-refractivity contribution >= 4 is 33.4 Å². The molecule has 0 spiro atoms. The summed E-state index contributed by atoms with van der Waals surface area (Å²) in [4.78, 5) is 16.3. The lowest BCUT2D eigenvalue weighted by Crippen LogP contribution is -2.28. The second-order valence-corrected chi connectivity index (χ2v) is 16.6. The number of rotatable bonds is 6. The van der Waals surface area contributed by atoms with Crippen LogP contribution in [-0.2, 0) is 24.7 Å². The molecule has 8 aromatic carbocycles. The summed E-state index contributed by atoms with van der Waals surface area (Å²) in [5, 5.41) is 12.2. The molecule has 2 heterocycles. The molecule has 10 rings (SSSR count). The molecule has 1 unspecified atom stereocenters. The van der Waals surface area contributed by atoms with Crippen molar-refractivity contribution < 1.29 is 62.6 Å². The van der Waals surface area contributed by atoms with Gasteiger partial charge in [0.1, 0.15) is 0 Å². The Morgan fingerprint density at radius 2 is 0.886 bits per heavy atom. The Labute approximate surface area is 388 Å². The number of nitrogens with zero attached hydrogens (tertiary/aromatic N) is 2. The van der Waals surface area contributed by atoms with Crippen molar-refractivity contribution in [2.24, 2.45) is 0 Å². The smallest absolute Gasteiger partial charge is 0.369 e. The first-order valence-corrected chi connectivity index (χ1v) is 21.2. The lowest BCUT2D eigenvalue weighted by atomic mass is 9.94. The molecular formula is C54H30F12N2O2. The van der Waals surface area contributed by atoms with Crippen molar-refractivity contribution in [2.45, 2.75) is 30.9 Å². The van der Waals surface area contributed by atoms with Gasteiger partial charge in [0.15, 0.2) is 6.23 Å². The first-order chi connectivity index (χ1) is 33.1. The summed E-state index contributed by atoms with van der Waals surface area (Å²) in [5.41, 5.74) is -4.30. The van der Waals surface area contributed by atoms with Crippen molar-refractivity contribution in [3.05, 3.63) is 203 Å². The van der Waals surface area contributed by atoms with E-state index in [4.69, 9.17) is 0 Å². The van der Waals surface area contributed by atoms with Crippen molar-refractivity contribution in [2.75, 3.05) is 4.90 Å². The fraction of sp³-hybridized carbons (Fsp3) is 0.0926. The van der Waals surface area contributed by atoms with Gasteiger partial charge in [-0.15, -0.1) is 0 Å². The number of halogens is 12. The van der Waals surface area contributed by atoms with E-state index in [1.54, 1.807) is 18.2 Å². The molecule has 70 heavy (non-hydrogen) atoms. The van der Waals surface area contributed by atoms with Crippen LogP contribution < -0.4 is 4.90 Å². The first-order valence-electron chi connectivity index (χ1n) is 21.2. The topological polar surface area (TPSA) is 45.5 Å². The van der Waals surface area contributed by atoms with E-state index in [1.165, 1.54) is 58.0 Å². The second kappa shape index (κ2) is 16.4. The first kappa shape index (κ1) is 45.9. The average molecular weight is 967 g/mol. The number of alkyl halides is 12. The third-order valence-corrected chi connectivity index (χ3v) is 12.4. The van der Waals surface area contributed by atoms with E-state index in [1.807, 2.05) is 66.7 Å². The summed E-state index contributed by atoms with van der Waals surface area (Å²) >= 11 is 0. The molecule has 0 saturated heterocycles. The number of anilines is 1. The monoisotopic (exact) mass is 966 g/mol. The minimum Gasteiger partial charge on any atom is -0.369 e. The maximum atomic E-state index is 15.1. The number of aliphatic hydroxyl groups is 1. The molecule has 0 fully saturated rings. The Kier molecular flexibility index (Phi) is 10.8. The zero-order valence-electron chi connectivity index (χ0n) is 35.5. The zero-order chi connectivity index (χ0) is 49.7. The summed E-state index contributed by atoms with van der Waals surface area (Å²) in [6.45, 7) is 0. The largest absolute Gasteiger partial charge is 0.417 e. The van der Waals surface area contributed by atoms with Crippen molar-refractivity contribution in [3.63, 3.8) is 0 Å². The lowest BCUT2D eigenvalue weighted by molar-refractivity contribution is -0.144. The van der Waals surface area contributed by atoms with Gasteiger partial charge in [-0.1, -0.05) is 103 Å². The Balaban J connectivity index is 1.20. The number of carbonyl (C=O) groups is 1. The standard InChI is InChI=1S/C54H30F12N2O2/c55-51(56,57)34-17-19-36(42(27-34)53(61,62)63)32-15-22-45-40(25-32)41-26-33(37-20-18-35(52(58,59)60)28-43(37)54(64,65)66)16-23-46(41)67(45)47-13-7-12-38-48(47)50(70)68(49(38)69)44-21-14-31(29-8-3-1-4-9-29)24-39(44)30-10-5-2-6-11-30/h1-28,49,69H. The van der Waals surface area contributed by atoms with Crippen molar-refractivity contribution in [3.8, 4) is 50.2 Å². The van der Waals surface area contributed by atoms with Crippen LogP contribution in [-0.4, -0.2) is 15.6 Å². The highest BCUT2D eigenvalue weighted by molar-refractivity contribution is 6.17. The van der Waals surface area contributed by atoms with E-state index < -0.39 is 70.2 Å². The zero-order valence-corrected chi connectivity index (χ0v) is 35.5. The van der Waals surface area contributed by atoms with Crippen LogP contribution >= 0.6 is 0 Å². The molecule has 1 atom stereocenters. The number of aliphatic hydroxyl groups excluding tert-OH is 1. The van der Waals surface area contributed by atoms with E-state index >= 15 is 4.79 Å². The van der Waals surface area contributed by atoms with Crippen LogP contribution in [0.3, 0.4) is 0 Å². The van der Waals surface area contributed by atoms with Gasteiger partial charge in [-0.05, 0) is 106 Å². The lowest BCUT2D eigenvalue weighted by Gasteiger charge is -2.25. The molecule has 1 amide bonds. The van der Waals surface area contributed by atoms with Crippen LogP contribution in [0.5, 0.6) is 0 Å². The van der Waals surface area contributed by atoms with Crippen LogP contribution in [0.2, 0.25) is 0 Å². The number of amides is 1. The average Bonchev–Trinajstić information content (AvgIpc) is 3.79. The Morgan fingerprint density at radius 3 is 1.37 bits per heavy atom. The Hall–Kier alpha value is -7.85. The van der Waals surface area contributed by atoms with Crippen molar-refractivity contribution in [1.82, 2.24) is 4.57 Å². The van der Waals surface area contributed by atoms with Crippen LogP contribution in [0.25, 0.3) is 72.0 Å². The molecular weight excluding hydrogens is 937 g/mol. The highest BCUT2D eigenvalue weighted by Gasteiger charge is 2.42. The van der Waals surface area contributed by atoms with Gasteiger partial charge in [0, 0.05) is 21.9 Å². The maximum absolute atomic E-state index is 15.1. The molecule has 0 bridgehead atoms. The Bertz CT molecular complexity index is 3410. The van der Waals surface area contributed by atoms with Gasteiger partial charge in [0.2, 0.25) is 0 Å². The van der Waals surface area contributed by atoms with E-state index in [2.05, 4.69) is 0 Å².